The molecular weight excluding hydrogens is 388 g/mol. The highest BCUT2D eigenvalue weighted by atomic mass is 16.6. The highest BCUT2D eigenvalue weighted by molar-refractivity contribution is 6.01. The van der Waals surface area contributed by atoms with E-state index in [1.54, 1.807) is 25.5 Å². The van der Waals surface area contributed by atoms with Gasteiger partial charge < -0.3 is 25.4 Å². The predicted octanol–water partition coefficient (Wildman–Crippen LogP) is 1.47. The molecule has 1 amide bonds. The Labute approximate surface area is 171 Å². The van der Waals surface area contributed by atoms with Crippen LogP contribution in [0.4, 0.5) is 17.3 Å². The molecule has 4 heterocycles. The number of ether oxygens (including phenoxy) is 2. The summed E-state index contributed by atoms with van der Waals surface area (Å²) in [5, 5.41) is 22.5. The van der Waals surface area contributed by atoms with Crippen LogP contribution in [-0.2, 0) is 0 Å². The maximum Gasteiger partial charge on any atom is 0.258 e. The largest absolute Gasteiger partial charge is 0.484 e. The van der Waals surface area contributed by atoms with E-state index in [1.165, 1.54) is 10.7 Å². The van der Waals surface area contributed by atoms with E-state index < -0.39 is 5.54 Å². The Balaban J connectivity index is 1.52. The van der Waals surface area contributed by atoms with Gasteiger partial charge in [-0.3, -0.25) is 9.78 Å². The zero-order chi connectivity index (χ0) is 20.7. The first-order chi connectivity index (χ1) is 14.6. The van der Waals surface area contributed by atoms with Gasteiger partial charge in [0.2, 0.25) is 0 Å². The zero-order valence-electron chi connectivity index (χ0n) is 16.1. The first kappa shape index (κ1) is 18.0. The summed E-state index contributed by atoms with van der Waals surface area (Å²) in [4.78, 5) is 21.5. The molecule has 3 aromatic rings. The third-order valence-electron chi connectivity index (χ3n) is 5.00. The minimum absolute atomic E-state index is 0.282. The van der Waals surface area contributed by atoms with Crippen LogP contribution in [0.2, 0.25) is 0 Å². The van der Waals surface area contributed by atoms with E-state index in [9.17, 15) is 10.1 Å². The first-order valence-corrected chi connectivity index (χ1v) is 9.43. The molecule has 11 heteroatoms. The molecule has 0 saturated heterocycles. The molecule has 0 bridgehead atoms. The van der Waals surface area contributed by atoms with Crippen LogP contribution >= 0.6 is 0 Å². The molecule has 30 heavy (non-hydrogen) atoms. The van der Waals surface area contributed by atoms with E-state index in [1.807, 2.05) is 0 Å². The van der Waals surface area contributed by atoms with Gasteiger partial charge in [0.25, 0.3) is 5.91 Å². The van der Waals surface area contributed by atoms with Crippen molar-refractivity contribution in [3.05, 3.63) is 30.2 Å². The molecule has 0 atom stereocenters. The van der Waals surface area contributed by atoms with Crippen molar-refractivity contribution in [3.63, 3.8) is 0 Å². The molecular formula is C19H18N8O3. The number of fused-ring (bicyclic) bond motifs is 2. The van der Waals surface area contributed by atoms with Crippen molar-refractivity contribution in [2.75, 3.05) is 30.9 Å². The Morgan fingerprint density at radius 2 is 2.10 bits per heavy atom. The highest BCUT2D eigenvalue weighted by Crippen LogP contribution is 2.38. The molecule has 0 aromatic carbocycles. The third-order valence-corrected chi connectivity index (χ3v) is 5.00. The number of nitriles is 1. The van der Waals surface area contributed by atoms with Gasteiger partial charge in [0.1, 0.15) is 41.6 Å². The van der Waals surface area contributed by atoms with Crippen LogP contribution in [0, 0.1) is 11.3 Å². The minimum Gasteiger partial charge on any atom is -0.484 e. The smallest absolute Gasteiger partial charge is 0.258 e. The summed E-state index contributed by atoms with van der Waals surface area (Å²) in [5.74, 6) is 1.81. The van der Waals surface area contributed by atoms with Crippen LogP contribution in [0.15, 0.2) is 24.7 Å². The maximum absolute atomic E-state index is 12.8. The Bertz CT molecular complexity index is 1190. The van der Waals surface area contributed by atoms with Crippen molar-refractivity contribution >= 4 is 28.9 Å². The Hall–Kier alpha value is -4.07. The number of nitrogens with one attached hydrogen (secondary N) is 3. The lowest BCUT2D eigenvalue weighted by molar-refractivity contribution is 0.0943. The van der Waals surface area contributed by atoms with Crippen molar-refractivity contribution in [2.24, 2.45) is 0 Å². The number of hydrogen-bond donors (Lipinski definition) is 3. The number of carbonyl (C=O) groups is 1. The average Bonchev–Trinajstić information content (AvgIpc) is 3.41. The second kappa shape index (κ2) is 6.77. The molecule has 0 radical (unpaired) electrons. The summed E-state index contributed by atoms with van der Waals surface area (Å²) in [6.45, 7) is 0.901. The van der Waals surface area contributed by atoms with Crippen molar-refractivity contribution in [3.8, 4) is 17.6 Å². The Kier molecular flexibility index (Phi) is 4.06. The van der Waals surface area contributed by atoms with Gasteiger partial charge in [0, 0.05) is 13.1 Å². The van der Waals surface area contributed by atoms with Crippen LogP contribution in [0.3, 0.4) is 0 Å². The maximum atomic E-state index is 12.8. The van der Waals surface area contributed by atoms with E-state index in [4.69, 9.17) is 9.47 Å². The molecule has 1 aliphatic carbocycles. The molecule has 3 N–H and O–H groups in total. The molecule has 1 saturated carbocycles. The monoisotopic (exact) mass is 406 g/mol. The molecule has 1 fully saturated rings. The number of rotatable bonds is 5. The van der Waals surface area contributed by atoms with Crippen molar-refractivity contribution in [1.29, 1.82) is 5.26 Å². The van der Waals surface area contributed by atoms with Gasteiger partial charge in [-0.2, -0.15) is 14.9 Å². The van der Waals surface area contributed by atoms with Crippen molar-refractivity contribution < 1.29 is 14.3 Å². The van der Waals surface area contributed by atoms with Gasteiger partial charge in [0.15, 0.2) is 17.1 Å². The summed E-state index contributed by atoms with van der Waals surface area (Å²) < 4.78 is 12.8. The Morgan fingerprint density at radius 3 is 2.87 bits per heavy atom. The van der Waals surface area contributed by atoms with Crippen LogP contribution in [-0.4, -0.2) is 51.3 Å². The van der Waals surface area contributed by atoms with E-state index in [0.29, 0.717) is 60.5 Å². The van der Waals surface area contributed by atoms with Crippen LogP contribution < -0.4 is 25.4 Å². The lowest BCUT2D eigenvalue weighted by atomic mass is 10.2. The lowest BCUT2D eigenvalue weighted by Gasteiger charge is -2.20. The number of nitrogens with zero attached hydrogens (tertiary/aromatic N) is 5. The Morgan fingerprint density at radius 1 is 1.27 bits per heavy atom. The van der Waals surface area contributed by atoms with E-state index in [2.05, 4.69) is 37.1 Å². The number of hydrogen-bond acceptors (Lipinski definition) is 9. The summed E-state index contributed by atoms with van der Waals surface area (Å²) in [7, 11) is 1.75. The summed E-state index contributed by atoms with van der Waals surface area (Å²) in [5.41, 5.74) is 0.451. The van der Waals surface area contributed by atoms with Gasteiger partial charge >= 0.3 is 0 Å². The van der Waals surface area contributed by atoms with Gasteiger partial charge in [0.05, 0.1) is 24.7 Å². The zero-order valence-corrected chi connectivity index (χ0v) is 16.1. The topological polar surface area (TPSA) is 138 Å². The standard InChI is InChI=1S/C19H18N8O3/c1-21-15-6-14(24-12-8-22-9-13-16(12)30-5-4-29-13)25-17-11(7-23-27(15)17)18(28)26-19(10-20)2-3-19/h6-9,21H,2-5H2,1H3,(H,24,25)(H,26,28). The summed E-state index contributed by atoms with van der Waals surface area (Å²) >= 11 is 0. The molecule has 0 spiro atoms. The lowest BCUT2D eigenvalue weighted by Crippen LogP contribution is -2.35. The average molecular weight is 406 g/mol. The van der Waals surface area contributed by atoms with Crippen molar-refractivity contribution in [1.82, 2.24) is 24.9 Å². The summed E-state index contributed by atoms with van der Waals surface area (Å²) in [6, 6.07) is 3.90. The fourth-order valence-electron chi connectivity index (χ4n) is 3.24. The number of aromatic nitrogens is 4. The minimum atomic E-state index is -0.779. The number of carbonyl (C=O) groups excluding carboxylic acids is 1. The van der Waals surface area contributed by atoms with Gasteiger partial charge in [-0.1, -0.05) is 0 Å². The van der Waals surface area contributed by atoms with Crippen LogP contribution in [0.1, 0.15) is 23.2 Å². The highest BCUT2D eigenvalue weighted by Gasteiger charge is 2.45. The molecule has 3 aromatic heterocycles. The molecule has 0 unspecified atom stereocenters. The predicted molar refractivity (Wildman–Crippen MR) is 106 cm³/mol. The second-order valence-electron chi connectivity index (χ2n) is 7.05. The molecule has 152 valence electrons. The molecule has 11 nitrogen and oxygen atoms in total. The normalized spacial score (nSPS) is 15.9. The van der Waals surface area contributed by atoms with Gasteiger partial charge in [-0.05, 0) is 12.8 Å². The van der Waals surface area contributed by atoms with Crippen LogP contribution in [0.25, 0.3) is 5.65 Å². The van der Waals surface area contributed by atoms with E-state index in [-0.39, 0.29) is 11.5 Å². The van der Waals surface area contributed by atoms with E-state index >= 15 is 0 Å². The van der Waals surface area contributed by atoms with Gasteiger partial charge in [-0.15, -0.1) is 0 Å². The number of amides is 1. The molecule has 5 rings (SSSR count). The molecule has 2 aliphatic rings. The second-order valence-corrected chi connectivity index (χ2v) is 7.05. The van der Waals surface area contributed by atoms with Crippen molar-refractivity contribution in [2.45, 2.75) is 18.4 Å². The SMILES string of the molecule is CNc1cc(Nc2cncc3c2OCCO3)nc2c(C(=O)NC3(C#N)CC3)cnn12. The molecule has 1 aliphatic heterocycles. The van der Waals surface area contributed by atoms with Crippen LogP contribution in [0.5, 0.6) is 11.5 Å². The summed E-state index contributed by atoms with van der Waals surface area (Å²) in [6.07, 6.45) is 5.94. The first-order valence-electron chi connectivity index (χ1n) is 9.43. The third kappa shape index (κ3) is 2.98. The quantitative estimate of drug-likeness (QED) is 0.575. The van der Waals surface area contributed by atoms with Gasteiger partial charge in [-0.25, -0.2) is 4.98 Å². The fraction of sp³-hybridized carbons (Fsp3) is 0.316. The fourth-order valence-corrected chi connectivity index (χ4v) is 3.24. The number of anilines is 3. The van der Waals surface area contributed by atoms with E-state index in [0.717, 1.165) is 0 Å². The number of pyridine rings is 1.